The Bertz CT molecular complexity index is 83.6. The van der Waals surface area contributed by atoms with Gasteiger partial charge in [-0.2, -0.15) is 0 Å². The van der Waals surface area contributed by atoms with Crippen LogP contribution in [0.25, 0.3) is 0 Å². The van der Waals surface area contributed by atoms with Crippen LogP contribution in [-0.4, -0.2) is 18.5 Å². The summed E-state index contributed by atoms with van der Waals surface area (Å²) in [5, 5.41) is 1.09. The maximum Gasteiger partial charge on any atom is 0.0468 e. The SMILES string of the molecule is CCOCCC(CBr)C(C)C. The van der Waals surface area contributed by atoms with Crippen LogP contribution in [0.4, 0.5) is 0 Å². The summed E-state index contributed by atoms with van der Waals surface area (Å²) in [5.74, 6) is 1.52. The molecule has 0 saturated carbocycles. The predicted octanol–water partition coefficient (Wildman–Crippen LogP) is 3.08. The van der Waals surface area contributed by atoms with Gasteiger partial charge < -0.3 is 4.74 Å². The van der Waals surface area contributed by atoms with Gasteiger partial charge in [-0.15, -0.1) is 0 Å². The lowest BCUT2D eigenvalue weighted by atomic mass is 9.95. The van der Waals surface area contributed by atoms with Gasteiger partial charge in [0.1, 0.15) is 0 Å². The molecule has 0 aliphatic heterocycles. The van der Waals surface area contributed by atoms with Crippen molar-refractivity contribution in [2.24, 2.45) is 11.8 Å². The summed E-state index contributed by atoms with van der Waals surface area (Å²) in [6.45, 7) is 8.31. The Kier molecular flexibility index (Phi) is 7.39. The van der Waals surface area contributed by atoms with E-state index in [-0.39, 0.29) is 0 Å². The van der Waals surface area contributed by atoms with Gasteiger partial charge in [0.05, 0.1) is 0 Å². The van der Waals surface area contributed by atoms with Gasteiger partial charge in [0.25, 0.3) is 0 Å². The summed E-state index contributed by atoms with van der Waals surface area (Å²) in [4.78, 5) is 0. The van der Waals surface area contributed by atoms with E-state index in [2.05, 4.69) is 29.8 Å². The zero-order valence-corrected chi connectivity index (χ0v) is 9.36. The first kappa shape index (κ1) is 11.4. The second kappa shape index (κ2) is 7.11. The Morgan fingerprint density at radius 1 is 1.36 bits per heavy atom. The maximum atomic E-state index is 5.30. The molecule has 0 fully saturated rings. The molecule has 0 aromatic carbocycles. The normalized spacial score (nSPS) is 13.9. The summed E-state index contributed by atoms with van der Waals surface area (Å²) in [6, 6.07) is 0. The van der Waals surface area contributed by atoms with Crippen molar-refractivity contribution in [3.63, 3.8) is 0 Å². The minimum Gasteiger partial charge on any atom is -0.382 e. The van der Waals surface area contributed by atoms with E-state index in [4.69, 9.17) is 4.74 Å². The fourth-order valence-corrected chi connectivity index (χ4v) is 2.04. The van der Waals surface area contributed by atoms with E-state index in [0.717, 1.165) is 30.4 Å². The third kappa shape index (κ3) is 5.68. The maximum absolute atomic E-state index is 5.30. The fourth-order valence-electron chi connectivity index (χ4n) is 0.968. The molecule has 0 amide bonds. The molecule has 0 N–H and O–H groups in total. The molecule has 0 heterocycles. The van der Waals surface area contributed by atoms with Crippen LogP contribution in [0.15, 0.2) is 0 Å². The van der Waals surface area contributed by atoms with Crippen LogP contribution in [0, 0.1) is 11.8 Å². The van der Waals surface area contributed by atoms with E-state index in [1.807, 2.05) is 6.92 Å². The number of rotatable bonds is 6. The Hall–Kier alpha value is 0.440. The molecular formula is C9H19BrO. The smallest absolute Gasteiger partial charge is 0.0468 e. The zero-order valence-electron chi connectivity index (χ0n) is 7.77. The Balaban J connectivity index is 3.36. The van der Waals surface area contributed by atoms with Crippen LogP contribution in [0.5, 0.6) is 0 Å². The highest BCUT2D eigenvalue weighted by atomic mass is 79.9. The zero-order chi connectivity index (χ0) is 8.69. The first-order valence-corrected chi connectivity index (χ1v) is 5.48. The average Bonchev–Trinajstić information content (AvgIpc) is 1.97. The Morgan fingerprint density at radius 3 is 2.36 bits per heavy atom. The molecule has 0 radical (unpaired) electrons. The minimum atomic E-state index is 0.759. The van der Waals surface area contributed by atoms with Gasteiger partial charge in [-0.25, -0.2) is 0 Å². The van der Waals surface area contributed by atoms with E-state index in [9.17, 15) is 0 Å². The lowest BCUT2D eigenvalue weighted by Crippen LogP contribution is -2.13. The number of alkyl halides is 1. The number of halogens is 1. The standard InChI is InChI=1S/C9H19BrO/c1-4-11-6-5-9(7-10)8(2)3/h8-9H,4-7H2,1-3H3. The molecule has 0 spiro atoms. The third-order valence-electron chi connectivity index (χ3n) is 1.98. The number of hydrogen-bond donors (Lipinski definition) is 0. The second-order valence-corrected chi connectivity index (χ2v) is 3.79. The molecule has 0 aromatic rings. The topological polar surface area (TPSA) is 9.23 Å². The van der Waals surface area contributed by atoms with Crippen LogP contribution >= 0.6 is 15.9 Å². The lowest BCUT2D eigenvalue weighted by molar-refractivity contribution is 0.128. The summed E-state index contributed by atoms with van der Waals surface area (Å²) in [5.41, 5.74) is 0. The first-order valence-electron chi connectivity index (χ1n) is 4.36. The fraction of sp³-hybridized carbons (Fsp3) is 1.00. The molecule has 1 unspecified atom stereocenters. The monoisotopic (exact) mass is 222 g/mol. The van der Waals surface area contributed by atoms with Gasteiger partial charge in [0.2, 0.25) is 0 Å². The first-order chi connectivity index (χ1) is 5.22. The molecule has 1 nitrogen and oxygen atoms in total. The van der Waals surface area contributed by atoms with Crippen molar-refractivity contribution in [1.82, 2.24) is 0 Å². The van der Waals surface area contributed by atoms with Crippen LogP contribution in [-0.2, 0) is 4.74 Å². The number of ether oxygens (including phenoxy) is 1. The third-order valence-corrected chi connectivity index (χ3v) is 2.81. The van der Waals surface area contributed by atoms with Gasteiger partial charge in [-0.1, -0.05) is 29.8 Å². The molecule has 0 aromatic heterocycles. The lowest BCUT2D eigenvalue weighted by Gasteiger charge is -2.17. The molecule has 0 rings (SSSR count). The van der Waals surface area contributed by atoms with E-state index in [1.165, 1.54) is 6.42 Å². The molecule has 0 aliphatic rings. The predicted molar refractivity (Wildman–Crippen MR) is 53.2 cm³/mol. The molecule has 11 heavy (non-hydrogen) atoms. The van der Waals surface area contributed by atoms with Gasteiger partial charge in [0.15, 0.2) is 0 Å². The Morgan fingerprint density at radius 2 is 2.00 bits per heavy atom. The minimum absolute atomic E-state index is 0.759. The van der Waals surface area contributed by atoms with E-state index >= 15 is 0 Å². The van der Waals surface area contributed by atoms with Crippen LogP contribution in [0.1, 0.15) is 27.2 Å². The highest BCUT2D eigenvalue weighted by Gasteiger charge is 2.10. The molecule has 2 heteroatoms. The van der Waals surface area contributed by atoms with Crippen molar-refractivity contribution in [1.29, 1.82) is 0 Å². The van der Waals surface area contributed by atoms with E-state index in [1.54, 1.807) is 0 Å². The van der Waals surface area contributed by atoms with Gasteiger partial charge in [-0.05, 0) is 25.2 Å². The molecule has 0 saturated heterocycles. The molecular weight excluding hydrogens is 204 g/mol. The van der Waals surface area contributed by atoms with Gasteiger partial charge in [0, 0.05) is 18.5 Å². The largest absolute Gasteiger partial charge is 0.382 e. The van der Waals surface area contributed by atoms with Crippen molar-refractivity contribution in [2.45, 2.75) is 27.2 Å². The van der Waals surface area contributed by atoms with E-state index < -0.39 is 0 Å². The van der Waals surface area contributed by atoms with Crippen LogP contribution in [0.3, 0.4) is 0 Å². The number of hydrogen-bond acceptors (Lipinski definition) is 1. The average molecular weight is 223 g/mol. The summed E-state index contributed by atoms with van der Waals surface area (Å²) in [7, 11) is 0. The highest BCUT2D eigenvalue weighted by molar-refractivity contribution is 9.09. The molecule has 0 bridgehead atoms. The quantitative estimate of drug-likeness (QED) is 0.496. The van der Waals surface area contributed by atoms with Crippen molar-refractivity contribution >= 4 is 15.9 Å². The van der Waals surface area contributed by atoms with Crippen molar-refractivity contribution < 1.29 is 4.74 Å². The molecule has 1 atom stereocenters. The summed E-state index contributed by atoms with van der Waals surface area (Å²) in [6.07, 6.45) is 1.18. The summed E-state index contributed by atoms with van der Waals surface area (Å²) < 4.78 is 5.30. The van der Waals surface area contributed by atoms with Crippen LogP contribution in [0.2, 0.25) is 0 Å². The van der Waals surface area contributed by atoms with E-state index in [0.29, 0.717) is 0 Å². The molecule has 68 valence electrons. The van der Waals surface area contributed by atoms with Crippen molar-refractivity contribution in [2.75, 3.05) is 18.5 Å². The highest BCUT2D eigenvalue weighted by Crippen LogP contribution is 2.17. The van der Waals surface area contributed by atoms with Crippen LogP contribution < -0.4 is 0 Å². The van der Waals surface area contributed by atoms with Gasteiger partial charge in [-0.3, -0.25) is 0 Å². The summed E-state index contributed by atoms with van der Waals surface area (Å²) >= 11 is 3.51. The van der Waals surface area contributed by atoms with Gasteiger partial charge >= 0.3 is 0 Å². The molecule has 0 aliphatic carbocycles. The van der Waals surface area contributed by atoms with Crippen molar-refractivity contribution in [3.8, 4) is 0 Å². The Labute approximate surface area is 78.6 Å². The second-order valence-electron chi connectivity index (χ2n) is 3.14. The van der Waals surface area contributed by atoms with Crippen molar-refractivity contribution in [3.05, 3.63) is 0 Å².